The fraction of sp³-hybridized carbons (Fsp3) is 0.357. The van der Waals surface area contributed by atoms with Crippen LogP contribution in [0, 0.1) is 0 Å². The number of Topliss-reactive ketones (excluding diaryl/α,β-unsaturated/α-hetero) is 1. The lowest BCUT2D eigenvalue weighted by atomic mass is 10.0. The van der Waals surface area contributed by atoms with E-state index in [1.165, 1.54) is 0 Å². The van der Waals surface area contributed by atoms with E-state index in [-0.39, 0.29) is 5.78 Å². The molecule has 2 nitrogen and oxygen atoms in total. The van der Waals surface area contributed by atoms with Gasteiger partial charge in [-0.1, -0.05) is 22.5 Å². The summed E-state index contributed by atoms with van der Waals surface area (Å²) in [5.41, 5.74) is 1.64. The summed E-state index contributed by atoms with van der Waals surface area (Å²) in [5.74, 6) is 0.806. The molecular formula is C14H17BrO2. The standard InChI is InChI=1S/C14H17BrO2/c1-10(2)9-17-12-7-5-11(6-8-12)13(16)14(3,4)15/h5-8H,1,9H2,2-4H3. The van der Waals surface area contributed by atoms with Crippen LogP contribution in [0.1, 0.15) is 31.1 Å². The van der Waals surface area contributed by atoms with Crippen molar-refractivity contribution in [2.75, 3.05) is 6.61 Å². The molecule has 0 unspecified atom stereocenters. The highest BCUT2D eigenvalue weighted by atomic mass is 79.9. The number of hydrogen-bond donors (Lipinski definition) is 0. The molecule has 3 heteroatoms. The van der Waals surface area contributed by atoms with Gasteiger partial charge in [0.2, 0.25) is 0 Å². The van der Waals surface area contributed by atoms with E-state index in [2.05, 4.69) is 22.5 Å². The summed E-state index contributed by atoms with van der Waals surface area (Å²) < 4.78 is 4.93. The number of ether oxygens (including phenoxy) is 1. The molecule has 0 aliphatic heterocycles. The summed E-state index contributed by atoms with van der Waals surface area (Å²) in [4.78, 5) is 11.9. The number of hydrogen-bond acceptors (Lipinski definition) is 2. The Morgan fingerprint density at radius 2 is 1.88 bits per heavy atom. The Bertz CT molecular complexity index is 413. The summed E-state index contributed by atoms with van der Waals surface area (Å²) >= 11 is 3.36. The molecule has 0 bridgehead atoms. The van der Waals surface area contributed by atoms with E-state index in [0.717, 1.165) is 11.3 Å². The van der Waals surface area contributed by atoms with Crippen LogP contribution in [0.2, 0.25) is 0 Å². The zero-order valence-electron chi connectivity index (χ0n) is 10.4. The van der Waals surface area contributed by atoms with Crippen molar-refractivity contribution < 1.29 is 9.53 Å². The number of carbonyl (C=O) groups excluding carboxylic acids is 1. The van der Waals surface area contributed by atoms with Crippen LogP contribution >= 0.6 is 15.9 Å². The molecule has 0 atom stereocenters. The van der Waals surface area contributed by atoms with Crippen LogP contribution in [0.3, 0.4) is 0 Å². The Balaban J connectivity index is 2.75. The first-order valence-corrected chi connectivity index (χ1v) is 6.21. The molecule has 0 aliphatic rings. The Kier molecular flexibility index (Phi) is 4.52. The van der Waals surface area contributed by atoms with Crippen molar-refractivity contribution in [2.45, 2.75) is 25.1 Å². The highest BCUT2D eigenvalue weighted by Crippen LogP contribution is 2.23. The lowest BCUT2D eigenvalue weighted by Crippen LogP contribution is -2.23. The van der Waals surface area contributed by atoms with Gasteiger partial charge in [-0.2, -0.15) is 0 Å². The largest absolute Gasteiger partial charge is 0.489 e. The van der Waals surface area contributed by atoms with Crippen LogP contribution < -0.4 is 4.74 Å². The van der Waals surface area contributed by atoms with E-state index in [9.17, 15) is 4.79 Å². The number of benzene rings is 1. The second-order valence-electron chi connectivity index (χ2n) is 4.57. The summed E-state index contributed by atoms with van der Waals surface area (Å²) in [6.45, 7) is 9.84. The lowest BCUT2D eigenvalue weighted by Gasteiger charge is -2.14. The average molecular weight is 297 g/mol. The number of rotatable bonds is 5. The van der Waals surface area contributed by atoms with Crippen LogP contribution in [-0.2, 0) is 0 Å². The topological polar surface area (TPSA) is 26.3 Å². The first kappa shape index (κ1) is 14.0. The van der Waals surface area contributed by atoms with Crippen molar-refractivity contribution in [2.24, 2.45) is 0 Å². The predicted octanol–water partition coefficient (Wildman–Crippen LogP) is 4.00. The molecule has 0 radical (unpaired) electrons. The average Bonchev–Trinajstić information content (AvgIpc) is 2.25. The highest BCUT2D eigenvalue weighted by molar-refractivity contribution is 9.10. The normalized spacial score (nSPS) is 11.1. The molecule has 1 aromatic rings. The van der Waals surface area contributed by atoms with Gasteiger partial charge in [-0.15, -0.1) is 0 Å². The second-order valence-corrected chi connectivity index (χ2v) is 6.55. The van der Waals surface area contributed by atoms with Crippen molar-refractivity contribution >= 4 is 21.7 Å². The maximum Gasteiger partial charge on any atom is 0.178 e. The van der Waals surface area contributed by atoms with E-state index in [1.54, 1.807) is 24.3 Å². The Morgan fingerprint density at radius 1 is 1.35 bits per heavy atom. The number of carbonyl (C=O) groups is 1. The molecule has 1 rings (SSSR count). The third kappa shape index (κ3) is 4.35. The first-order valence-electron chi connectivity index (χ1n) is 5.41. The van der Waals surface area contributed by atoms with Crippen molar-refractivity contribution in [3.8, 4) is 5.75 Å². The monoisotopic (exact) mass is 296 g/mol. The van der Waals surface area contributed by atoms with Crippen molar-refractivity contribution in [1.82, 2.24) is 0 Å². The van der Waals surface area contributed by atoms with Gasteiger partial charge in [-0.25, -0.2) is 0 Å². The molecular weight excluding hydrogens is 280 g/mol. The molecule has 0 aliphatic carbocycles. The van der Waals surface area contributed by atoms with Gasteiger partial charge in [0.1, 0.15) is 12.4 Å². The third-order valence-corrected chi connectivity index (χ3v) is 2.50. The van der Waals surface area contributed by atoms with Crippen molar-refractivity contribution in [3.63, 3.8) is 0 Å². The van der Waals surface area contributed by atoms with E-state index in [4.69, 9.17) is 4.74 Å². The zero-order valence-corrected chi connectivity index (χ0v) is 12.0. The number of halogens is 1. The molecule has 0 spiro atoms. The lowest BCUT2D eigenvalue weighted by molar-refractivity contribution is 0.0961. The fourth-order valence-corrected chi connectivity index (χ4v) is 1.48. The number of alkyl halides is 1. The summed E-state index contributed by atoms with van der Waals surface area (Å²) in [6.07, 6.45) is 0. The van der Waals surface area contributed by atoms with Gasteiger partial charge in [-0.3, -0.25) is 4.79 Å². The maximum atomic E-state index is 11.9. The molecule has 0 heterocycles. The maximum absolute atomic E-state index is 11.9. The Hall–Kier alpha value is -1.09. The molecule has 1 aromatic carbocycles. The van der Waals surface area contributed by atoms with Crippen molar-refractivity contribution in [3.05, 3.63) is 42.0 Å². The molecule has 0 saturated heterocycles. The molecule has 0 aromatic heterocycles. The smallest absolute Gasteiger partial charge is 0.178 e. The first-order chi connectivity index (χ1) is 7.80. The van der Waals surface area contributed by atoms with Crippen LogP contribution in [0.5, 0.6) is 5.75 Å². The summed E-state index contributed by atoms with van der Waals surface area (Å²) in [6, 6.07) is 7.15. The van der Waals surface area contributed by atoms with Gasteiger partial charge in [0.25, 0.3) is 0 Å². The number of ketones is 1. The molecule has 92 valence electrons. The Labute approximate surface area is 111 Å². The summed E-state index contributed by atoms with van der Waals surface area (Å²) in [5, 5.41) is 0. The van der Waals surface area contributed by atoms with Crippen LogP contribution in [0.4, 0.5) is 0 Å². The van der Waals surface area contributed by atoms with Crippen LogP contribution in [0.25, 0.3) is 0 Å². The summed E-state index contributed by atoms with van der Waals surface area (Å²) in [7, 11) is 0. The Morgan fingerprint density at radius 3 is 2.29 bits per heavy atom. The SMILES string of the molecule is C=C(C)COc1ccc(C(=O)C(C)(C)Br)cc1. The van der Waals surface area contributed by atoms with Crippen molar-refractivity contribution in [1.29, 1.82) is 0 Å². The molecule has 0 amide bonds. The molecule has 17 heavy (non-hydrogen) atoms. The van der Waals surface area contributed by atoms with E-state index >= 15 is 0 Å². The minimum atomic E-state index is -0.535. The van der Waals surface area contributed by atoms with E-state index < -0.39 is 4.32 Å². The molecule has 0 fully saturated rings. The van der Waals surface area contributed by atoms with Gasteiger partial charge < -0.3 is 4.74 Å². The zero-order chi connectivity index (χ0) is 13.1. The van der Waals surface area contributed by atoms with E-state index in [1.807, 2.05) is 20.8 Å². The van der Waals surface area contributed by atoms with E-state index in [0.29, 0.717) is 12.2 Å². The van der Waals surface area contributed by atoms with Gasteiger partial charge in [0.15, 0.2) is 5.78 Å². The minimum absolute atomic E-state index is 0.0592. The third-order valence-electron chi connectivity index (χ3n) is 2.14. The quantitative estimate of drug-likeness (QED) is 0.466. The minimum Gasteiger partial charge on any atom is -0.489 e. The van der Waals surface area contributed by atoms with Gasteiger partial charge in [0.05, 0.1) is 4.32 Å². The highest BCUT2D eigenvalue weighted by Gasteiger charge is 2.24. The van der Waals surface area contributed by atoms with Crippen LogP contribution in [-0.4, -0.2) is 16.7 Å². The molecule has 0 saturated carbocycles. The fourth-order valence-electron chi connectivity index (χ4n) is 1.25. The van der Waals surface area contributed by atoms with Gasteiger partial charge >= 0.3 is 0 Å². The second kappa shape index (κ2) is 5.50. The van der Waals surface area contributed by atoms with Gasteiger partial charge in [0, 0.05) is 5.56 Å². The van der Waals surface area contributed by atoms with Gasteiger partial charge in [-0.05, 0) is 50.6 Å². The van der Waals surface area contributed by atoms with Crippen LogP contribution in [0.15, 0.2) is 36.4 Å². The molecule has 0 N–H and O–H groups in total. The predicted molar refractivity (Wildman–Crippen MR) is 74.1 cm³/mol.